The minimum Gasteiger partial charge on any atom is -0.445 e. The largest absolute Gasteiger partial charge is 0.445 e. The van der Waals surface area contributed by atoms with Gasteiger partial charge in [-0.3, -0.25) is 4.79 Å². The van der Waals surface area contributed by atoms with Crippen LogP contribution in [0.3, 0.4) is 0 Å². The van der Waals surface area contributed by atoms with Gasteiger partial charge in [-0.25, -0.2) is 4.79 Å². The lowest BCUT2D eigenvalue weighted by Crippen LogP contribution is -2.38. The normalized spacial score (nSPS) is 11.8. The van der Waals surface area contributed by atoms with E-state index >= 15 is 0 Å². The molecule has 1 heterocycles. The van der Waals surface area contributed by atoms with Crippen LogP contribution in [-0.4, -0.2) is 30.1 Å². The summed E-state index contributed by atoms with van der Waals surface area (Å²) in [6.45, 7) is 2.67. The van der Waals surface area contributed by atoms with Crippen molar-refractivity contribution in [3.05, 3.63) is 71.9 Å². The summed E-state index contributed by atoms with van der Waals surface area (Å²) in [5.74, 6) is -0.0416. The number of hydrogen-bond acceptors (Lipinski definition) is 3. The zero-order chi connectivity index (χ0) is 19.8. The first kappa shape index (κ1) is 19.5. The van der Waals surface area contributed by atoms with Crippen LogP contribution in [0.5, 0.6) is 0 Å². The molecule has 0 bridgehead atoms. The van der Waals surface area contributed by atoms with Gasteiger partial charge in [0, 0.05) is 29.6 Å². The first-order chi connectivity index (χ1) is 13.7. The van der Waals surface area contributed by atoms with Gasteiger partial charge < -0.3 is 20.4 Å². The number of alkyl carbamates (subject to hydrolysis) is 1. The molecule has 0 spiro atoms. The summed E-state index contributed by atoms with van der Waals surface area (Å²) in [6.07, 6.45) is 2.29. The SMILES string of the molecule is CCC(CNC(=O)CNC(=O)OCc1ccccc1)c1c[nH]c2ccccc12. The number of amides is 2. The molecule has 6 nitrogen and oxygen atoms in total. The van der Waals surface area contributed by atoms with E-state index in [9.17, 15) is 9.59 Å². The van der Waals surface area contributed by atoms with Crippen molar-refractivity contribution in [3.63, 3.8) is 0 Å². The van der Waals surface area contributed by atoms with Gasteiger partial charge in [-0.15, -0.1) is 0 Å². The number of fused-ring (bicyclic) bond motifs is 1. The molecule has 6 heteroatoms. The van der Waals surface area contributed by atoms with Crippen molar-refractivity contribution < 1.29 is 14.3 Å². The van der Waals surface area contributed by atoms with E-state index in [1.165, 1.54) is 10.9 Å². The lowest BCUT2D eigenvalue weighted by molar-refractivity contribution is -0.120. The number of H-pyrrole nitrogens is 1. The summed E-state index contributed by atoms with van der Waals surface area (Å²) in [7, 11) is 0. The Morgan fingerprint density at radius 3 is 2.57 bits per heavy atom. The van der Waals surface area contributed by atoms with Crippen molar-refractivity contribution in [1.82, 2.24) is 15.6 Å². The Balaban J connectivity index is 1.43. The third-order valence-electron chi connectivity index (χ3n) is 4.71. The van der Waals surface area contributed by atoms with Gasteiger partial charge in [0.1, 0.15) is 6.61 Å². The molecule has 28 heavy (non-hydrogen) atoms. The minimum absolute atomic E-state index is 0.113. The molecular weight excluding hydrogens is 354 g/mol. The highest BCUT2D eigenvalue weighted by Gasteiger charge is 2.15. The molecule has 2 amide bonds. The molecule has 3 rings (SSSR count). The molecule has 0 fully saturated rings. The van der Waals surface area contributed by atoms with Crippen LogP contribution in [0.1, 0.15) is 30.4 Å². The molecular formula is C22H25N3O3. The number of para-hydroxylation sites is 1. The van der Waals surface area contributed by atoms with Gasteiger partial charge >= 0.3 is 6.09 Å². The molecule has 3 N–H and O–H groups in total. The van der Waals surface area contributed by atoms with Gasteiger partial charge in [-0.05, 0) is 23.6 Å². The van der Waals surface area contributed by atoms with Crippen LogP contribution in [0.15, 0.2) is 60.8 Å². The molecule has 0 aliphatic carbocycles. The molecule has 0 saturated carbocycles. The van der Waals surface area contributed by atoms with Crippen molar-refractivity contribution in [2.45, 2.75) is 25.9 Å². The summed E-state index contributed by atoms with van der Waals surface area (Å²) in [4.78, 5) is 27.1. The molecule has 1 atom stereocenters. The second-order valence-electron chi connectivity index (χ2n) is 6.61. The average molecular weight is 379 g/mol. The minimum atomic E-state index is -0.609. The third kappa shape index (κ3) is 5.13. The number of carbonyl (C=O) groups excluding carboxylic acids is 2. The number of carbonyl (C=O) groups is 2. The van der Waals surface area contributed by atoms with Crippen LogP contribution < -0.4 is 10.6 Å². The topological polar surface area (TPSA) is 83.2 Å². The molecule has 146 valence electrons. The summed E-state index contributed by atoms with van der Waals surface area (Å²) >= 11 is 0. The molecule has 0 saturated heterocycles. The van der Waals surface area contributed by atoms with Gasteiger partial charge in [0.2, 0.25) is 5.91 Å². The number of hydrogen-bond donors (Lipinski definition) is 3. The number of rotatable bonds is 8. The van der Waals surface area contributed by atoms with Crippen LogP contribution in [0, 0.1) is 0 Å². The summed E-state index contributed by atoms with van der Waals surface area (Å²) < 4.78 is 5.10. The van der Waals surface area contributed by atoms with E-state index in [0.29, 0.717) is 6.54 Å². The molecule has 2 aromatic carbocycles. The number of nitrogens with one attached hydrogen (secondary N) is 3. The third-order valence-corrected chi connectivity index (χ3v) is 4.71. The number of ether oxygens (including phenoxy) is 1. The van der Waals surface area contributed by atoms with E-state index < -0.39 is 6.09 Å². The monoisotopic (exact) mass is 379 g/mol. The lowest BCUT2D eigenvalue weighted by atomic mass is 9.96. The Morgan fingerprint density at radius 2 is 1.79 bits per heavy atom. The van der Waals surface area contributed by atoms with Gasteiger partial charge in [0.15, 0.2) is 0 Å². The van der Waals surface area contributed by atoms with E-state index in [-0.39, 0.29) is 25.0 Å². The van der Waals surface area contributed by atoms with E-state index in [2.05, 4.69) is 28.6 Å². The highest BCUT2D eigenvalue weighted by Crippen LogP contribution is 2.27. The smallest absolute Gasteiger partial charge is 0.407 e. The van der Waals surface area contributed by atoms with Crippen LogP contribution >= 0.6 is 0 Å². The van der Waals surface area contributed by atoms with E-state index in [4.69, 9.17) is 4.74 Å². The predicted octanol–water partition coefficient (Wildman–Crippen LogP) is 3.70. The summed E-state index contributed by atoms with van der Waals surface area (Å²) in [5.41, 5.74) is 3.17. The van der Waals surface area contributed by atoms with Crippen LogP contribution in [0.25, 0.3) is 10.9 Å². The van der Waals surface area contributed by atoms with Gasteiger partial charge in [-0.2, -0.15) is 0 Å². The van der Waals surface area contributed by atoms with E-state index in [0.717, 1.165) is 17.5 Å². The highest BCUT2D eigenvalue weighted by molar-refractivity contribution is 5.84. The maximum atomic E-state index is 12.1. The molecule has 0 radical (unpaired) electrons. The standard InChI is InChI=1S/C22H25N3O3/c1-2-17(19-13-23-20-11-7-6-10-18(19)20)12-24-21(26)14-25-22(27)28-15-16-8-4-3-5-9-16/h3-11,13,17,23H,2,12,14-15H2,1H3,(H,24,26)(H,25,27). The molecule has 1 unspecified atom stereocenters. The van der Waals surface area contributed by atoms with Gasteiger partial charge in [0.05, 0.1) is 6.54 Å². The first-order valence-corrected chi connectivity index (χ1v) is 9.44. The van der Waals surface area contributed by atoms with E-state index in [1.54, 1.807) is 0 Å². The van der Waals surface area contributed by atoms with Gasteiger partial charge in [-0.1, -0.05) is 55.5 Å². The maximum absolute atomic E-state index is 12.1. The Hall–Kier alpha value is -3.28. The fraction of sp³-hybridized carbons (Fsp3) is 0.273. The fourth-order valence-electron chi connectivity index (χ4n) is 3.13. The summed E-state index contributed by atoms with van der Waals surface area (Å²) in [6, 6.07) is 17.5. The Bertz CT molecular complexity index is 921. The van der Waals surface area contributed by atoms with E-state index in [1.807, 2.05) is 54.7 Å². The number of aromatic nitrogens is 1. The van der Waals surface area contributed by atoms with Crippen LogP contribution in [-0.2, 0) is 16.1 Å². The molecule has 3 aromatic rings. The predicted molar refractivity (Wildman–Crippen MR) is 109 cm³/mol. The first-order valence-electron chi connectivity index (χ1n) is 9.44. The Labute approximate surface area is 164 Å². The quantitative estimate of drug-likeness (QED) is 0.558. The maximum Gasteiger partial charge on any atom is 0.407 e. The van der Waals surface area contributed by atoms with Crippen molar-refractivity contribution in [3.8, 4) is 0 Å². The zero-order valence-electron chi connectivity index (χ0n) is 15.9. The molecule has 1 aromatic heterocycles. The van der Waals surface area contributed by atoms with Crippen molar-refractivity contribution in [2.75, 3.05) is 13.1 Å². The number of benzene rings is 2. The van der Waals surface area contributed by atoms with Crippen LogP contribution in [0.4, 0.5) is 4.79 Å². The zero-order valence-corrected chi connectivity index (χ0v) is 15.9. The Kier molecular flexibility index (Phi) is 6.68. The lowest BCUT2D eigenvalue weighted by Gasteiger charge is -2.15. The van der Waals surface area contributed by atoms with Crippen molar-refractivity contribution >= 4 is 22.9 Å². The molecule has 0 aliphatic heterocycles. The second kappa shape index (κ2) is 9.60. The summed E-state index contributed by atoms with van der Waals surface area (Å²) in [5, 5.41) is 6.54. The Morgan fingerprint density at radius 1 is 1.04 bits per heavy atom. The number of aromatic amines is 1. The average Bonchev–Trinajstić information content (AvgIpc) is 3.16. The molecule has 0 aliphatic rings. The van der Waals surface area contributed by atoms with Crippen LogP contribution in [0.2, 0.25) is 0 Å². The van der Waals surface area contributed by atoms with Crippen molar-refractivity contribution in [1.29, 1.82) is 0 Å². The van der Waals surface area contributed by atoms with Gasteiger partial charge in [0.25, 0.3) is 0 Å². The highest BCUT2D eigenvalue weighted by atomic mass is 16.5. The van der Waals surface area contributed by atoms with Crippen molar-refractivity contribution in [2.24, 2.45) is 0 Å². The fourth-order valence-corrected chi connectivity index (χ4v) is 3.13. The second-order valence-corrected chi connectivity index (χ2v) is 6.61.